The second-order valence-electron chi connectivity index (χ2n) is 8.08. The Bertz CT molecular complexity index is 1320. The van der Waals surface area contributed by atoms with Gasteiger partial charge in [-0.25, -0.2) is 9.78 Å². The number of oxazole rings is 1. The van der Waals surface area contributed by atoms with Gasteiger partial charge in [-0.1, -0.05) is 54.2 Å². The molecule has 4 rings (SSSR count). The van der Waals surface area contributed by atoms with E-state index in [1.54, 1.807) is 17.8 Å². The lowest BCUT2D eigenvalue weighted by Crippen LogP contribution is -2.41. The van der Waals surface area contributed by atoms with Crippen molar-refractivity contribution in [3.05, 3.63) is 83.4 Å². The zero-order chi connectivity index (χ0) is 24.8. The van der Waals surface area contributed by atoms with Crippen molar-refractivity contribution >= 4 is 46.5 Å². The maximum atomic E-state index is 13.2. The highest BCUT2D eigenvalue weighted by atomic mass is 32.2. The molecule has 0 aliphatic carbocycles. The van der Waals surface area contributed by atoms with Crippen LogP contribution in [0.25, 0.3) is 22.2 Å². The van der Waals surface area contributed by atoms with Crippen LogP contribution in [0.2, 0.25) is 0 Å². The summed E-state index contributed by atoms with van der Waals surface area (Å²) in [5, 5.41) is 12.9. The van der Waals surface area contributed by atoms with E-state index in [-0.39, 0.29) is 0 Å². The number of carboxylic acids is 1. The van der Waals surface area contributed by atoms with E-state index in [2.05, 4.69) is 10.3 Å². The Morgan fingerprint density at radius 2 is 1.83 bits per heavy atom. The molecule has 180 valence electrons. The maximum Gasteiger partial charge on any atom is 0.326 e. The predicted octanol–water partition coefficient (Wildman–Crippen LogP) is 6.03. The minimum atomic E-state index is -1.03. The fraction of sp³-hybridized carbons (Fsp3) is 0.222. The molecule has 0 aliphatic heterocycles. The highest BCUT2D eigenvalue weighted by Crippen LogP contribution is 2.31. The molecule has 6 nitrogen and oxygen atoms in total. The summed E-state index contributed by atoms with van der Waals surface area (Å²) in [5.74, 6) is -0.168. The Kier molecular flexibility index (Phi) is 8.15. The molecular weight excluding hydrogens is 480 g/mol. The lowest BCUT2D eigenvalue weighted by molar-refractivity contribution is -0.139. The molecule has 0 saturated heterocycles. The maximum absolute atomic E-state index is 13.2. The molecule has 1 amide bonds. The molecule has 1 heterocycles. The van der Waals surface area contributed by atoms with Crippen LogP contribution in [0.4, 0.5) is 0 Å². The number of rotatable bonds is 10. The third-order valence-corrected chi connectivity index (χ3v) is 7.16. The van der Waals surface area contributed by atoms with E-state index >= 15 is 0 Å². The smallest absolute Gasteiger partial charge is 0.326 e. The van der Waals surface area contributed by atoms with Gasteiger partial charge in [0.05, 0.1) is 0 Å². The number of para-hydroxylation sites is 2. The Balaban J connectivity index is 1.62. The van der Waals surface area contributed by atoms with E-state index in [4.69, 9.17) is 4.42 Å². The van der Waals surface area contributed by atoms with Crippen molar-refractivity contribution < 1.29 is 19.1 Å². The molecule has 0 radical (unpaired) electrons. The predicted molar refractivity (Wildman–Crippen MR) is 142 cm³/mol. The second kappa shape index (κ2) is 11.5. The Morgan fingerprint density at radius 1 is 1.06 bits per heavy atom. The van der Waals surface area contributed by atoms with Crippen LogP contribution in [0.1, 0.15) is 27.9 Å². The van der Waals surface area contributed by atoms with E-state index in [1.807, 2.05) is 73.8 Å². The van der Waals surface area contributed by atoms with Gasteiger partial charge in [0, 0.05) is 11.3 Å². The van der Waals surface area contributed by atoms with E-state index in [9.17, 15) is 14.7 Å². The molecule has 35 heavy (non-hydrogen) atoms. The number of aliphatic carboxylic acids is 1. The van der Waals surface area contributed by atoms with Crippen LogP contribution in [-0.2, 0) is 10.5 Å². The van der Waals surface area contributed by atoms with Crippen molar-refractivity contribution in [2.24, 2.45) is 0 Å². The van der Waals surface area contributed by atoms with Crippen molar-refractivity contribution in [3.8, 4) is 11.1 Å². The van der Waals surface area contributed by atoms with Crippen molar-refractivity contribution in [1.82, 2.24) is 10.3 Å². The van der Waals surface area contributed by atoms with Gasteiger partial charge in [0.15, 0.2) is 5.58 Å². The van der Waals surface area contributed by atoms with Crippen LogP contribution >= 0.6 is 23.5 Å². The van der Waals surface area contributed by atoms with Crippen LogP contribution in [0.3, 0.4) is 0 Å². The average molecular weight is 507 g/mol. The largest absolute Gasteiger partial charge is 0.480 e. The zero-order valence-electron chi connectivity index (χ0n) is 19.5. The molecule has 4 aromatic rings. The van der Waals surface area contributed by atoms with Crippen LogP contribution in [0.5, 0.6) is 0 Å². The van der Waals surface area contributed by atoms with Gasteiger partial charge in [-0.05, 0) is 71.9 Å². The number of carbonyl (C=O) groups excluding carboxylic acids is 1. The average Bonchev–Trinajstić information content (AvgIpc) is 3.28. The van der Waals surface area contributed by atoms with Crippen LogP contribution in [0.15, 0.2) is 76.4 Å². The summed E-state index contributed by atoms with van der Waals surface area (Å²) in [5.41, 5.74) is 5.75. The highest BCUT2D eigenvalue weighted by Gasteiger charge is 2.23. The number of aryl methyl sites for hydroxylation is 1. The molecule has 0 unspecified atom stereocenters. The number of benzene rings is 3. The molecule has 1 aromatic heterocycles. The number of fused-ring (bicyclic) bond motifs is 1. The number of carboxylic acid groups (broad SMARTS) is 1. The first-order valence-corrected chi connectivity index (χ1v) is 13.5. The van der Waals surface area contributed by atoms with Gasteiger partial charge in [0.25, 0.3) is 11.1 Å². The number of amides is 1. The van der Waals surface area contributed by atoms with E-state index < -0.39 is 17.9 Å². The minimum Gasteiger partial charge on any atom is -0.480 e. The highest BCUT2D eigenvalue weighted by molar-refractivity contribution is 7.98. The van der Waals surface area contributed by atoms with Gasteiger partial charge in [0.2, 0.25) is 0 Å². The fourth-order valence-corrected chi connectivity index (χ4v) is 5.02. The summed E-state index contributed by atoms with van der Waals surface area (Å²) in [6.45, 7) is 2.00. The zero-order valence-corrected chi connectivity index (χ0v) is 21.1. The summed E-state index contributed by atoms with van der Waals surface area (Å²) in [6.07, 6.45) is 2.27. The topological polar surface area (TPSA) is 92.4 Å². The quantitative estimate of drug-likeness (QED) is 0.254. The Labute approximate surface area is 212 Å². The number of nitrogens with one attached hydrogen (secondary N) is 1. The Morgan fingerprint density at radius 3 is 2.57 bits per heavy atom. The first-order chi connectivity index (χ1) is 17.0. The SMILES string of the molecule is CSCC[C@H](NC(=O)c1ccc(CSc2nc3ccccc3o2)cc1-c1ccccc1C)C(=O)O. The third-order valence-electron chi connectivity index (χ3n) is 5.61. The summed E-state index contributed by atoms with van der Waals surface area (Å²) in [7, 11) is 0. The van der Waals surface area contributed by atoms with Crippen LogP contribution < -0.4 is 5.32 Å². The summed E-state index contributed by atoms with van der Waals surface area (Å²) in [6, 6.07) is 20.2. The molecule has 0 saturated carbocycles. The lowest BCUT2D eigenvalue weighted by atomic mass is 9.94. The molecule has 0 bridgehead atoms. The van der Waals surface area contributed by atoms with Crippen molar-refractivity contribution in [2.45, 2.75) is 30.4 Å². The van der Waals surface area contributed by atoms with Crippen molar-refractivity contribution in [2.75, 3.05) is 12.0 Å². The van der Waals surface area contributed by atoms with Gasteiger partial charge in [0.1, 0.15) is 11.6 Å². The molecule has 0 spiro atoms. The van der Waals surface area contributed by atoms with E-state index in [0.29, 0.717) is 28.7 Å². The number of nitrogens with zero attached hydrogens (tertiary/aromatic N) is 1. The van der Waals surface area contributed by atoms with Gasteiger partial charge in [-0.15, -0.1) is 0 Å². The summed E-state index contributed by atoms with van der Waals surface area (Å²) in [4.78, 5) is 29.4. The number of hydrogen-bond donors (Lipinski definition) is 2. The molecule has 0 aliphatic rings. The summed E-state index contributed by atoms with van der Waals surface area (Å²) >= 11 is 3.04. The summed E-state index contributed by atoms with van der Waals surface area (Å²) < 4.78 is 5.81. The second-order valence-corrected chi connectivity index (χ2v) is 9.99. The number of thioether (sulfide) groups is 2. The van der Waals surface area contributed by atoms with Gasteiger partial charge in [-0.2, -0.15) is 11.8 Å². The van der Waals surface area contributed by atoms with E-state index in [0.717, 1.165) is 33.4 Å². The molecule has 2 N–H and O–H groups in total. The van der Waals surface area contributed by atoms with Gasteiger partial charge in [-0.3, -0.25) is 4.79 Å². The Hall–Kier alpha value is -3.23. The number of aromatic nitrogens is 1. The first kappa shape index (κ1) is 24.9. The van der Waals surface area contributed by atoms with E-state index in [1.165, 1.54) is 11.8 Å². The standard InChI is InChI=1S/C27H26N2O4S2/c1-17-7-3-4-8-19(17)21-15-18(16-35-27-29-22-9-5-6-10-24(22)33-27)11-12-20(21)25(30)28-23(26(31)32)13-14-34-2/h3-12,15,23H,13-14,16H2,1-2H3,(H,28,30)(H,31,32)/t23-/m0/s1. The molecular formula is C27H26N2O4S2. The fourth-order valence-electron chi connectivity index (χ4n) is 3.76. The lowest BCUT2D eigenvalue weighted by Gasteiger charge is -2.17. The van der Waals surface area contributed by atoms with Gasteiger partial charge >= 0.3 is 5.97 Å². The molecule has 0 fully saturated rings. The number of carbonyl (C=O) groups is 2. The van der Waals surface area contributed by atoms with Crippen molar-refractivity contribution in [1.29, 1.82) is 0 Å². The third kappa shape index (κ3) is 6.07. The molecule has 1 atom stereocenters. The molecule has 8 heteroatoms. The van der Waals surface area contributed by atoms with Crippen LogP contribution in [0, 0.1) is 6.92 Å². The molecule has 3 aromatic carbocycles. The monoisotopic (exact) mass is 506 g/mol. The van der Waals surface area contributed by atoms with Crippen LogP contribution in [-0.4, -0.2) is 40.0 Å². The van der Waals surface area contributed by atoms with Gasteiger partial charge < -0.3 is 14.8 Å². The normalized spacial score (nSPS) is 11.9. The minimum absolute atomic E-state index is 0.362. The van der Waals surface area contributed by atoms with Crippen molar-refractivity contribution in [3.63, 3.8) is 0 Å². The first-order valence-electron chi connectivity index (χ1n) is 11.2. The number of hydrogen-bond acceptors (Lipinski definition) is 6.